The normalized spacial score (nSPS) is 10.3. The van der Waals surface area contributed by atoms with Gasteiger partial charge in [0.15, 0.2) is 6.61 Å². The van der Waals surface area contributed by atoms with Gasteiger partial charge in [-0.15, -0.1) is 0 Å². The molecule has 3 aromatic carbocycles. The Hall–Kier alpha value is -4.66. The highest BCUT2D eigenvalue weighted by Crippen LogP contribution is 2.18. The summed E-state index contributed by atoms with van der Waals surface area (Å²) in [7, 11) is 0. The highest BCUT2D eigenvalue weighted by Gasteiger charge is 2.09. The number of nitrogens with one attached hydrogen (secondary N) is 2. The molecule has 1 heterocycles. The zero-order valence-electron chi connectivity index (χ0n) is 17.5. The number of nitrogens with zero attached hydrogens (tertiary/aromatic N) is 3. The second-order valence-electron chi connectivity index (χ2n) is 6.92. The third-order valence-corrected chi connectivity index (χ3v) is 4.57. The number of amides is 2. The molecule has 0 saturated carbocycles. The molecule has 1 aromatic heterocycles. The summed E-state index contributed by atoms with van der Waals surface area (Å²) < 4.78 is 12.7. The van der Waals surface area contributed by atoms with E-state index in [0.29, 0.717) is 23.7 Å². The quantitative estimate of drug-likeness (QED) is 0.406. The lowest BCUT2D eigenvalue weighted by Crippen LogP contribution is -2.43. The summed E-state index contributed by atoms with van der Waals surface area (Å²) in [6.07, 6.45) is 2.98. The highest BCUT2D eigenvalue weighted by molar-refractivity contribution is 5.95. The number of carbonyl (C=O) groups is 2. The number of benzene rings is 3. The lowest BCUT2D eigenvalue weighted by atomic mass is 10.2. The molecule has 0 aliphatic heterocycles. The Bertz CT molecular complexity index is 1180. The Morgan fingerprint density at radius 1 is 0.818 bits per heavy atom. The van der Waals surface area contributed by atoms with Gasteiger partial charge >= 0.3 is 0 Å². The van der Waals surface area contributed by atoms with E-state index in [1.54, 1.807) is 59.5 Å². The maximum atomic E-state index is 12.2. The number of ether oxygens (including phenoxy) is 2. The van der Waals surface area contributed by atoms with Crippen molar-refractivity contribution in [1.82, 2.24) is 25.6 Å². The topological polar surface area (TPSA) is 107 Å². The second-order valence-corrected chi connectivity index (χ2v) is 6.92. The van der Waals surface area contributed by atoms with Crippen LogP contribution >= 0.6 is 0 Å². The van der Waals surface area contributed by atoms with E-state index >= 15 is 0 Å². The first kappa shape index (κ1) is 21.6. The molecule has 0 aliphatic carbocycles. The number of hydrazine groups is 1. The summed E-state index contributed by atoms with van der Waals surface area (Å²) in [5.41, 5.74) is 6.90. The minimum Gasteiger partial charge on any atom is -0.489 e. The molecule has 4 rings (SSSR count). The van der Waals surface area contributed by atoms with Gasteiger partial charge in [0, 0.05) is 5.56 Å². The average molecular weight is 443 g/mol. The van der Waals surface area contributed by atoms with Crippen LogP contribution in [0.2, 0.25) is 0 Å². The number of hydrogen-bond acceptors (Lipinski definition) is 6. The molecule has 0 saturated heterocycles. The fourth-order valence-corrected chi connectivity index (χ4v) is 2.86. The molecule has 166 valence electrons. The zero-order valence-corrected chi connectivity index (χ0v) is 17.5. The van der Waals surface area contributed by atoms with Crippen LogP contribution in [0.3, 0.4) is 0 Å². The van der Waals surface area contributed by atoms with E-state index < -0.39 is 11.8 Å². The second kappa shape index (κ2) is 10.6. The number of carbonyl (C=O) groups excluding carboxylic acids is 2. The van der Waals surface area contributed by atoms with Crippen LogP contribution in [0.25, 0.3) is 5.69 Å². The maximum Gasteiger partial charge on any atom is 0.276 e. The van der Waals surface area contributed by atoms with Gasteiger partial charge in [0.25, 0.3) is 11.8 Å². The number of aromatic nitrogens is 3. The van der Waals surface area contributed by atoms with Gasteiger partial charge in [-0.1, -0.05) is 30.3 Å². The van der Waals surface area contributed by atoms with E-state index in [4.69, 9.17) is 9.47 Å². The van der Waals surface area contributed by atoms with Gasteiger partial charge in [0.1, 0.15) is 30.8 Å². The maximum absolute atomic E-state index is 12.2. The molecular formula is C24H21N5O4. The summed E-state index contributed by atoms with van der Waals surface area (Å²) >= 11 is 0. The van der Waals surface area contributed by atoms with Gasteiger partial charge in [-0.2, -0.15) is 5.10 Å². The van der Waals surface area contributed by atoms with Crippen LogP contribution in [0.5, 0.6) is 11.5 Å². The summed E-state index contributed by atoms with van der Waals surface area (Å²) in [6, 6.07) is 23.5. The minimum absolute atomic E-state index is 0.254. The molecule has 2 amide bonds. The molecule has 4 aromatic rings. The molecule has 0 unspecified atom stereocenters. The van der Waals surface area contributed by atoms with Gasteiger partial charge in [-0.05, 0) is 54.1 Å². The molecule has 0 aliphatic rings. The summed E-state index contributed by atoms with van der Waals surface area (Å²) in [5, 5.41) is 4.02. The molecule has 9 nitrogen and oxygen atoms in total. The fourth-order valence-electron chi connectivity index (χ4n) is 2.86. The van der Waals surface area contributed by atoms with E-state index in [1.807, 2.05) is 30.3 Å². The zero-order chi connectivity index (χ0) is 22.9. The minimum atomic E-state index is -0.494. The lowest BCUT2D eigenvalue weighted by Gasteiger charge is -2.10. The summed E-state index contributed by atoms with van der Waals surface area (Å²) in [5.74, 6) is 0.255. The Morgan fingerprint density at radius 3 is 2.18 bits per heavy atom. The van der Waals surface area contributed by atoms with Crippen molar-refractivity contribution in [2.45, 2.75) is 6.61 Å². The third-order valence-electron chi connectivity index (χ3n) is 4.57. The fraction of sp³-hybridized carbons (Fsp3) is 0.0833. The Labute approximate surface area is 190 Å². The van der Waals surface area contributed by atoms with Gasteiger partial charge in [0.05, 0.1) is 5.69 Å². The molecule has 0 atom stereocenters. The van der Waals surface area contributed by atoms with Crippen LogP contribution in [0.15, 0.2) is 91.5 Å². The third kappa shape index (κ3) is 6.17. The van der Waals surface area contributed by atoms with Crippen molar-refractivity contribution in [3.8, 4) is 17.2 Å². The SMILES string of the molecule is O=C(COc1ccc(OCc2ccccc2)cc1)NNC(=O)c1ccc(-n2cncn2)cc1. The number of rotatable bonds is 8. The van der Waals surface area contributed by atoms with Gasteiger partial charge in [0.2, 0.25) is 0 Å². The monoisotopic (exact) mass is 443 g/mol. The van der Waals surface area contributed by atoms with Crippen molar-refractivity contribution in [1.29, 1.82) is 0 Å². The van der Waals surface area contributed by atoms with Crippen LogP contribution in [0, 0.1) is 0 Å². The Balaban J connectivity index is 1.19. The molecule has 2 N–H and O–H groups in total. The van der Waals surface area contributed by atoms with Gasteiger partial charge in [-0.25, -0.2) is 9.67 Å². The first-order chi connectivity index (χ1) is 16.2. The van der Waals surface area contributed by atoms with E-state index in [0.717, 1.165) is 11.3 Å². The molecule has 0 fully saturated rings. The Kier molecular flexibility index (Phi) is 6.92. The molecule has 0 bridgehead atoms. The molecule has 0 radical (unpaired) electrons. The van der Waals surface area contributed by atoms with Crippen LogP contribution in [0.1, 0.15) is 15.9 Å². The molecule has 33 heavy (non-hydrogen) atoms. The van der Waals surface area contributed by atoms with E-state index in [1.165, 1.54) is 6.33 Å². The van der Waals surface area contributed by atoms with Crippen LogP contribution < -0.4 is 20.3 Å². The summed E-state index contributed by atoms with van der Waals surface area (Å²) in [4.78, 5) is 28.1. The van der Waals surface area contributed by atoms with Crippen molar-refractivity contribution < 1.29 is 19.1 Å². The predicted octanol–water partition coefficient (Wildman–Crippen LogP) is 2.69. The predicted molar refractivity (Wildman–Crippen MR) is 120 cm³/mol. The van der Waals surface area contributed by atoms with E-state index in [-0.39, 0.29) is 6.61 Å². The van der Waals surface area contributed by atoms with Crippen LogP contribution in [0.4, 0.5) is 0 Å². The van der Waals surface area contributed by atoms with Crippen LogP contribution in [-0.4, -0.2) is 33.2 Å². The van der Waals surface area contributed by atoms with Crippen molar-refractivity contribution in [3.63, 3.8) is 0 Å². The standard InChI is InChI=1S/C24H21N5O4/c30-23(27-28-24(31)19-6-8-20(9-7-19)29-17-25-16-26-29)15-33-22-12-10-21(11-13-22)32-14-18-4-2-1-3-5-18/h1-13,16-17H,14-15H2,(H,27,30)(H,28,31). The van der Waals surface area contributed by atoms with E-state index in [9.17, 15) is 9.59 Å². The van der Waals surface area contributed by atoms with Gasteiger partial charge in [-0.3, -0.25) is 20.4 Å². The van der Waals surface area contributed by atoms with E-state index in [2.05, 4.69) is 20.9 Å². The first-order valence-corrected chi connectivity index (χ1v) is 10.1. The Morgan fingerprint density at radius 2 is 1.52 bits per heavy atom. The number of hydrogen-bond donors (Lipinski definition) is 2. The summed E-state index contributed by atoms with van der Waals surface area (Å²) in [6.45, 7) is 0.210. The van der Waals surface area contributed by atoms with Crippen LogP contribution in [-0.2, 0) is 11.4 Å². The average Bonchev–Trinajstić information content (AvgIpc) is 3.41. The van der Waals surface area contributed by atoms with Crippen molar-refractivity contribution in [3.05, 3.63) is 103 Å². The molecule has 0 spiro atoms. The molecule has 9 heteroatoms. The van der Waals surface area contributed by atoms with Crippen molar-refractivity contribution >= 4 is 11.8 Å². The first-order valence-electron chi connectivity index (χ1n) is 10.1. The lowest BCUT2D eigenvalue weighted by molar-refractivity contribution is -0.123. The van der Waals surface area contributed by atoms with Crippen molar-refractivity contribution in [2.75, 3.05) is 6.61 Å². The smallest absolute Gasteiger partial charge is 0.276 e. The van der Waals surface area contributed by atoms with Gasteiger partial charge < -0.3 is 9.47 Å². The largest absolute Gasteiger partial charge is 0.489 e. The van der Waals surface area contributed by atoms with Crippen molar-refractivity contribution in [2.24, 2.45) is 0 Å². The molecular weight excluding hydrogens is 422 g/mol. The highest BCUT2D eigenvalue weighted by atomic mass is 16.5.